The summed E-state index contributed by atoms with van der Waals surface area (Å²) in [5.41, 5.74) is 3.86. The number of para-hydroxylation sites is 1. The number of halogens is 1. The minimum atomic E-state index is 0.374. The molecule has 0 spiro atoms. The standard InChI is InChI=1S/C16H19ClN2/c1-12-8-13(9-18-11-16(10-17)6-7-16)14-4-2-3-5-15(14)19-12/h2-5,8,18H,6-7,9-11H2,1H3. The normalized spacial score (nSPS) is 16.7. The second-order valence-electron chi connectivity index (χ2n) is 5.68. The van der Waals surface area contributed by atoms with Crippen molar-refractivity contribution in [2.45, 2.75) is 26.3 Å². The third-order valence-electron chi connectivity index (χ3n) is 3.99. The summed E-state index contributed by atoms with van der Waals surface area (Å²) < 4.78 is 0. The first-order chi connectivity index (χ1) is 9.22. The Bertz CT molecular complexity index is 590. The predicted molar refractivity (Wildman–Crippen MR) is 80.6 cm³/mol. The molecule has 3 rings (SSSR count). The predicted octanol–water partition coefficient (Wildman–Crippen LogP) is 3.65. The van der Waals surface area contributed by atoms with Crippen molar-refractivity contribution in [1.29, 1.82) is 0 Å². The van der Waals surface area contributed by atoms with Gasteiger partial charge >= 0.3 is 0 Å². The number of aryl methyl sites for hydroxylation is 1. The molecule has 1 N–H and O–H groups in total. The lowest BCUT2D eigenvalue weighted by molar-refractivity contribution is 0.505. The van der Waals surface area contributed by atoms with E-state index in [1.165, 1.54) is 23.8 Å². The van der Waals surface area contributed by atoms with E-state index in [0.717, 1.165) is 30.2 Å². The molecule has 3 heteroatoms. The van der Waals surface area contributed by atoms with Gasteiger partial charge in [-0.15, -0.1) is 11.6 Å². The van der Waals surface area contributed by atoms with Crippen LogP contribution in [0, 0.1) is 12.3 Å². The van der Waals surface area contributed by atoms with Crippen molar-refractivity contribution in [3.05, 3.63) is 41.6 Å². The minimum Gasteiger partial charge on any atom is -0.312 e. The molecule has 19 heavy (non-hydrogen) atoms. The van der Waals surface area contributed by atoms with Gasteiger partial charge in [-0.25, -0.2) is 0 Å². The molecule has 1 aliphatic rings. The van der Waals surface area contributed by atoms with Crippen molar-refractivity contribution in [3.8, 4) is 0 Å². The lowest BCUT2D eigenvalue weighted by atomic mass is 10.1. The molecule has 0 saturated heterocycles. The van der Waals surface area contributed by atoms with Crippen LogP contribution in [0.5, 0.6) is 0 Å². The van der Waals surface area contributed by atoms with Crippen LogP contribution in [0.3, 0.4) is 0 Å². The van der Waals surface area contributed by atoms with Crippen LogP contribution < -0.4 is 5.32 Å². The van der Waals surface area contributed by atoms with E-state index in [0.29, 0.717) is 5.41 Å². The SMILES string of the molecule is Cc1cc(CNCC2(CCl)CC2)c2ccccc2n1. The monoisotopic (exact) mass is 274 g/mol. The molecule has 100 valence electrons. The van der Waals surface area contributed by atoms with Crippen LogP contribution >= 0.6 is 11.6 Å². The quantitative estimate of drug-likeness (QED) is 0.842. The van der Waals surface area contributed by atoms with Gasteiger partial charge in [-0.05, 0) is 42.9 Å². The van der Waals surface area contributed by atoms with E-state index >= 15 is 0 Å². The zero-order valence-corrected chi connectivity index (χ0v) is 12.0. The van der Waals surface area contributed by atoms with Crippen molar-refractivity contribution < 1.29 is 0 Å². The fraction of sp³-hybridized carbons (Fsp3) is 0.438. The Morgan fingerprint density at radius 3 is 2.84 bits per heavy atom. The van der Waals surface area contributed by atoms with Crippen LogP contribution in [0.4, 0.5) is 0 Å². The number of nitrogens with one attached hydrogen (secondary N) is 1. The van der Waals surface area contributed by atoms with E-state index in [1.807, 2.05) is 6.07 Å². The summed E-state index contributed by atoms with van der Waals surface area (Å²) >= 11 is 6.01. The zero-order chi connectivity index (χ0) is 13.3. The molecule has 1 aromatic heterocycles. The van der Waals surface area contributed by atoms with Gasteiger partial charge in [0.25, 0.3) is 0 Å². The number of hydrogen-bond acceptors (Lipinski definition) is 2. The van der Waals surface area contributed by atoms with Crippen molar-refractivity contribution in [2.75, 3.05) is 12.4 Å². The lowest BCUT2D eigenvalue weighted by Crippen LogP contribution is -2.24. The number of rotatable bonds is 5. The summed E-state index contributed by atoms with van der Waals surface area (Å²) in [6.45, 7) is 3.96. The van der Waals surface area contributed by atoms with Gasteiger partial charge in [-0.2, -0.15) is 0 Å². The number of nitrogens with zero attached hydrogens (tertiary/aromatic N) is 1. The molecule has 2 nitrogen and oxygen atoms in total. The molecule has 0 aliphatic heterocycles. The first-order valence-corrected chi connectivity index (χ1v) is 7.38. The first kappa shape index (κ1) is 12.9. The number of pyridine rings is 1. The second kappa shape index (κ2) is 5.10. The molecule has 0 unspecified atom stereocenters. The van der Waals surface area contributed by atoms with Crippen LogP contribution in [0.1, 0.15) is 24.1 Å². The zero-order valence-electron chi connectivity index (χ0n) is 11.2. The summed E-state index contributed by atoms with van der Waals surface area (Å²) in [5, 5.41) is 4.81. The van der Waals surface area contributed by atoms with Gasteiger partial charge in [0.1, 0.15) is 0 Å². The minimum absolute atomic E-state index is 0.374. The summed E-state index contributed by atoms with van der Waals surface area (Å²) in [6, 6.07) is 10.5. The molecular formula is C16H19ClN2. The topological polar surface area (TPSA) is 24.9 Å². The maximum Gasteiger partial charge on any atom is 0.0708 e. The van der Waals surface area contributed by atoms with Crippen LogP contribution in [-0.2, 0) is 6.54 Å². The number of alkyl halides is 1. The largest absolute Gasteiger partial charge is 0.312 e. The van der Waals surface area contributed by atoms with Crippen molar-refractivity contribution >= 4 is 22.5 Å². The number of hydrogen-bond donors (Lipinski definition) is 1. The smallest absolute Gasteiger partial charge is 0.0708 e. The Morgan fingerprint density at radius 2 is 2.11 bits per heavy atom. The average molecular weight is 275 g/mol. The van der Waals surface area contributed by atoms with Crippen LogP contribution in [0.25, 0.3) is 10.9 Å². The highest BCUT2D eigenvalue weighted by molar-refractivity contribution is 6.18. The summed E-state index contributed by atoms with van der Waals surface area (Å²) in [5.74, 6) is 0.774. The van der Waals surface area contributed by atoms with Gasteiger partial charge < -0.3 is 5.32 Å². The van der Waals surface area contributed by atoms with Crippen LogP contribution in [0.2, 0.25) is 0 Å². The van der Waals surface area contributed by atoms with Gasteiger partial charge in [0.15, 0.2) is 0 Å². The third-order valence-corrected chi connectivity index (χ3v) is 4.55. The van der Waals surface area contributed by atoms with Crippen LogP contribution in [-0.4, -0.2) is 17.4 Å². The Morgan fingerprint density at radius 1 is 1.32 bits per heavy atom. The molecule has 1 fully saturated rings. The van der Waals surface area contributed by atoms with Gasteiger partial charge in [-0.1, -0.05) is 18.2 Å². The van der Waals surface area contributed by atoms with Crippen molar-refractivity contribution in [3.63, 3.8) is 0 Å². The van der Waals surface area contributed by atoms with Gasteiger partial charge in [0.05, 0.1) is 5.52 Å². The Kier molecular flexibility index (Phi) is 3.46. The molecule has 0 amide bonds. The number of benzene rings is 1. The molecule has 0 atom stereocenters. The molecule has 1 saturated carbocycles. The van der Waals surface area contributed by atoms with E-state index in [4.69, 9.17) is 11.6 Å². The average Bonchev–Trinajstić information content (AvgIpc) is 3.19. The molecule has 1 heterocycles. The maximum atomic E-state index is 6.01. The molecule has 0 bridgehead atoms. The van der Waals surface area contributed by atoms with E-state index in [1.54, 1.807) is 0 Å². The van der Waals surface area contributed by atoms with Gasteiger partial charge in [0, 0.05) is 30.0 Å². The highest BCUT2D eigenvalue weighted by Crippen LogP contribution is 2.45. The maximum absolute atomic E-state index is 6.01. The summed E-state index contributed by atoms with van der Waals surface area (Å²) in [7, 11) is 0. The Hall–Kier alpha value is -1.12. The summed E-state index contributed by atoms with van der Waals surface area (Å²) in [4.78, 5) is 4.57. The van der Waals surface area contributed by atoms with E-state index < -0.39 is 0 Å². The molecular weight excluding hydrogens is 256 g/mol. The number of fused-ring (bicyclic) bond motifs is 1. The lowest BCUT2D eigenvalue weighted by Gasteiger charge is -2.14. The van der Waals surface area contributed by atoms with E-state index in [-0.39, 0.29) is 0 Å². The highest BCUT2D eigenvalue weighted by Gasteiger charge is 2.41. The van der Waals surface area contributed by atoms with E-state index in [9.17, 15) is 0 Å². The van der Waals surface area contributed by atoms with Crippen molar-refractivity contribution in [2.24, 2.45) is 5.41 Å². The van der Waals surface area contributed by atoms with Crippen LogP contribution in [0.15, 0.2) is 30.3 Å². The van der Waals surface area contributed by atoms with Gasteiger partial charge in [0.2, 0.25) is 0 Å². The van der Waals surface area contributed by atoms with Crippen molar-refractivity contribution in [1.82, 2.24) is 10.3 Å². The van der Waals surface area contributed by atoms with Gasteiger partial charge in [-0.3, -0.25) is 4.98 Å². The van der Waals surface area contributed by atoms with E-state index in [2.05, 4.69) is 41.5 Å². The molecule has 1 aromatic carbocycles. The molecule has 0 radical (unpaired) electrons. The Balaban J connectivity index is 1.76. The first-order valence-electron chi connectivity index (χ1n) is 6.84. The number of aromatic nitrogens is 1. The molecule has 2 aromatic rings. The fourth-order valence-electron chi connectivity index (χ4n) is 2.54. The highest BCUT2D eigenvalue weighted by atomic mass is 35.5. The fourth-order valence-corrected chi connectivity index (χ4v) is 2.90. The summed E-state index contributed by atoms with van der Waals surface area (Å²) in [6.07, 6.45) is 2.53. The molecule has 1 aliphatic carbocycles. The Labute approximate surface area is 119 Å². The second-order valence-corrected chi connectivity index (χ2v) is 5.94. The third kappa shape index (κ3) is 2.75.